The molecule has 0 bridgehead atoms. The lowest BCUT2D eigenvalue weighted by Crippen LogP contribution is -2.38. The van der Waals surface area contributed by atoms with Gasteiger partial charge in [0.25, 0.3) is 0 Å². The van der Waals surface area contributed by atoms with Crippen LogP contribution in [0.25, 0.3) is 0 Å². The van der Waals surface area contributed by atoms with Crippen LogP contribution in [-0.2, 0) is 24.2 Å². The van der Waals surface area contributed by atoms with Crippen LogP contribution in [0.1, 0.15) is 200 Å². The number of carbonyl (C=O) groups is 2. The van der Waals surface area contributed by atoms with Gasteiger partial charge in [0.1, 0.15) is 0 Å². The van der Waals surface area contributed by atoms with Gasteiger partial charge in [0.15, 0.2) is 0 Å². The highest BCUT2D eigenvalue weighted by Crippen LogP contribution is 2.14. The van der Waals surface area contributed by atoms with E-state index in [-0.39, 0.29) is 31.4 Å². The van der Waals surface area contributed by atoms with Crippen molar-refractivity contribution in [2.45, 2.75) is 200 Å². The monoisotopic (exact) mass is 684 g/mol. The van der Waals surface area contributed by atoms with Gasteiger partial charge in [0.05, 0.1) is 6.61 Å². The van der Waals surface area contributed by atoms with E-state index in [1.54, 1.807) is 0 Å². The lowest BCUT2D eigenvalue weighted by Gasteiger charge is -2.21. The van der Waals surface area contributed by atoms with Crippen molar-refractivity contribution in [3.8, 4) is 0 Å². The molecule has 47 heavy (non-hydrogen) atoms. The van der Waals surface area contributed by atoms with Crippen LogP contribution >= 0.6 is 0 Å². The molecule has 1 N–H and O–H groups in total. The van der Waals surface area contributed by atoms with Gasteiger partial charge in [0.2, 0.25) is 11.8 Å². The summed E-state index contributed by atoms with van der Waals surface area (Å²) in [6, 6.07) is 0. The van der Waals surface area contributed by atoms with E-state index in [2.05, 4.69) is 42.3 Å². The Morgan fingerprint density at radius 2 is 0.830 bits per heavy atom. The predicted octanol–water partition coefficient (Wildman–Crippen LogP) is 11.6. The largest absolute Gasteiger partial charge is 0.397 e. The molecule has 0 fully saturated rings. The average molecular weight is 684 g/mol. The van der Waals surface area contributed by atoms with Gasteiger partial charge in [-0.1, -0.05) is 141 Å². The zero-order chi connectivity index (χ0) is 34.7. The third-order valence-electron chi connectivity index (χ3n) is 8.67. The van der Waals surface area contributed by atoms with Crippen molar-refractivity contribution in [3.05, 3.63) is 24.3 Å². The highest BCUT2D eigenvalue weighted by atomic mass is 32.3. The Morgan fingerprint density at radius 3 is 1.17 bits per heavy atom. The molecule has 0 atom stereocenters. The van der Waals surface area contributed by atoms with E-state index in [1.807, 2.05) is 0 Å². The normalized spacial score (nSPS) is 12.1. The van der Waals surface area contributed by atoms with E-state index in [1.165, 1.54) is 94.8 Å². The van der Waals surface area contributed by atoms with Crippen molar-refractivity contribution in [2.75, 3.05) is 13.2 Å². The molecule has 0 aliphatic heterocycles. The van der Waals surface area contributed by atoms with Crippen LogP contribution in [0.15, 0.2) is 24.3 Å². The van der Waals surface area contributed by atoms with Crippen LogP contribution in [0.5, 0.6) is 0 Å². The molecule has 2 amide bonds. The number of rotatable bonds is 35. The summed E-state index contributed by atoms with van der Waals surface area (Å²) in [6.45, 7) is 4.33. The van der Waals surface area contributed by atoms with Crippen LogP contribution in [0, 0.1) is 0 Å². The molecule has 7 nitrogen and oxygen atoms in total. The Morgan fingerprint density at radius 1 is 0.511 bits per heavy atom. The third kappa shape index (κ3) is 34.2. The van der Waals surface area contributed by atoms with Crippen LogP contribution in [0.2, 0.25) is 0 Å². The Hall–Kier alpha value is -1.51. The minimum Gasteiger partial charge on any atom is -0.283 e. The van der Waals surface area contributed by atoms with Gasteiger partial charge in [-0.2, -0.15) is 8.42 Å². The third-order valence-corrected chi connectivity index (χ3v) is 9.13. The van der Waals surface area contributed by atoms with Gasteiger partial charge in [-0.3, -0.25) is 19.0 Å². The van der Waals surface area contributed by atoms with E-state index >= 15 is 0 Å². The molecular weight excluding hydrogens is 610 g/mol. The fourth-order valence-corrected chi connectivity index (χ4v) is 6.07. The molecule has 0 saturated carbocycles. The Balaban J connectivity index is 4.16. The van der Waals surface area contributed by atoms with Crippen molar-refractivity contribution in [1.29, 1.82) is 0 Å². The minimum atomic E-state index is -4.53. The van der Waals surface area contributed by atoms with E-state index in [9.17, 15) is 18.0 Å². The number of unbranched alkanes of at least 4 members (excludes halogenated alkanes) is 22. The van der Waals surface area contributed by atoms with E-state index in [0.717, 1.165) is 77.0 Å². The van der Waals surface area contributed by atoms with Gasteiger partial charge in [0, 0.05) is 19.4 Å². The number of allylic oxidation sites excluding steroid dienone is 4. The highest BCUT2D eigenvalue weighted by molar-refractivity contribution is 7.80. The molecule has 8 heteroatoms. The number of nitrogens with zero attached hydrogens (tertiary/aromatic N) is 1. The van der Waals surface area contributed by atoms with Gasteiger partial charge < -0.3 is 0 Å². The van der Waals surface area contributed by atoms with Gasteiger partial charge in [-0.05, 0) is 70.6 Å². The first-order valence-corrected chi connectivity index (χ1v) is 20.9. The number of hydrogen-bond donors (Lipinski definition) is 1. The van der Waals surface area contributed by atoms with E-state index < -0.39 is 10.4 Å². The summed E-state index contributed by atoms with van der Waals surface area (Å²) in [6.07, 6.45) is 40.8. The fourth-order valence-electron chi connectivity index (χ4n) is 5.74. The van der Waals surface area contributed by atoms with E-state index in [4.69, 9.17) is 4.55 Å². The summed E-state index contributed by atoms with van der Waals surface area (Å²) in [5.41, 5.74) is 0. The van der Waals surface area contributed by atoms with Crippen molar-refractivity contribution in [1.82, 2.24) is 4.90 Å². The van der Waals surface area contributed by atoms with Crippen LogP contribution in [0.3, 0.4) is 0 Å². The second-order valence-corrected chi connectivity index (χ2v) is 14.3. The molecule has 0 aromatic rings. The lowest BCUT2D eigenvalue weighted by atomic mass is 10.1. The summed E-state index contributed by atoms with van der Waals surface area (Å²) in [7, 11) is -4.53. The second-order valence-electron chi connectivity index (χ2n) is 13.2. The number of carbonyl (C=O) groups excluding carboxylic acids is 2. The van der Waals surface area contributed by atoms with Crippen LogP contribution < -0.4 is 0 Å². The van der Waals surface area contributed by atoms with Crippen molar-refractivity contribution in [2.24, 2.45) is 0 Å². The Labute approximate surface area is 290 Å². The van der Waals surface area contributed by atoms with E-state index in [0.29, 0.717) is 12.8 Å². The molecule has 0 radical (unpaired) electrons. The number of imide groups is 1. The first-order chi connectivity index (χ1) is 22.8. The minimum absolute atomic E-state index is 0.101. The maximum atomic E-state index is 13.0. The molecule has 0 rings (SSSR count). The summed E-state index contributed by atoms with van der Waals surface area (Å²) < 4.78 is 34.9. The smallest absolute Gasteiger partial charge is 0.283 e. The maximum Gasteiger partial charge on any atom is 0.397 e. The average Bonchev–Trinajstić information content (AvgIpc) is 3.04. The molecule has 0 saturated heterocycles. The summed E-state index contributed by atoms with van der Waals surface area (Å²) in [5, 5.41) is 0. The zero-order valence-corrected chi connectivity index (χ0v) is 31.4. The van der Waals surface area contributed by atoms with Crippen LogP contribution in [0.4, 0.5) is 0 Å². The molecule has 0 spiro atoms. The fraction of sp³-hybridized carbons (Fsp3) is 0.846. The Bertz CT molecular complexity index is 834. The van der Waals surface area contributed by atoms with Gasteiger partial charge >= 0.3 is 10.4 Å². The maximum absolute atomic E-state index is 13.0. The SMILES string of the molecule is CCCCCCCC/C=C\CCCCCCCC(=O)N(CCCOS(=O)(=O)O)C(=O)CCCCCCC/C=C\CCCCCCCC. The topological polar surface area (TPSA) is 101 Å². The predicted molar refractivity (Wildman–Crippen MR) is 198 cm³/mol. The molecular formula is C39H73NO6S. The zero-order valence-electron chi connectivity index (χ0n) is 30.6. The van der Waals surface area contributed by atoms with Crippen LogP contribution in [-0.4, -0.2) is 42.8 Å². The summed E-state index contributed by atoms with van der Waals surface area (Å²) in [4.78, 5) is 27.2. The Kier molecular flexibility index (Phi) is 33.3. The van der Waals surface area contributed by atoms with Crippen molar-refractivity contribution >= 4 is 22.2 Å². The molecule has 0 heterocycles. The van der Waals surface area contributed by atoms with Gasteiger partial charge in [-0.25, -0.2) is 4.18 Å². The van der Waals surface area contributed by atoms with Crippen molar-refractivity contribution < 1.29 is 26.7 Å². The highest BCUT2D eigenvalue weighted by Gasteiger charge is 2.20. The first kappa shape index (κ1) is 45.5. The summed E-state index contributed by atoms with van der Waals surface area (Å²) >= 11 is 0. The number of amides is 2. The number of hydrogen-bond acceptors (Lipinski definition) is 5. The molecule has 276 valence electrons. The van der Waals surface area contributed by atoms with Gasteiger partial charge in [-0.15, -0.1) is 0 Å². The standard InChI is InChI=1S/C39H73NO6S/c1-3-5-7-9-11-13-15-17-19-21-23-25-27-29-31-34-38(41)40(36-33-37-46-47(43,44)45)39(42)35-32-30-28-26-24-22-20-18-16-14-12-10-8-6-4-2/h17-20H,3-16,21-37H2,1-2H3,(H,43,44,45)/b19-17-,20-18-. The first-order valence-electron chi connectivity index (χ1n) is 19.6. The molecule has 0 aliphatic rings. The second kappa shape index (κ2) is 34.4. The molecule has 0 aromatic heterocycles. The molecule has 0 aromatic carbocycles. The molecule has 0 aliphatic carbocycles. The summed E-state index contributed by atoms with van der Waals surface area (Å²) in [5.74, 6) is -0.403. The quantitative estimate of drug-likeness (QED) is 0.0405. The lowest BCUT2D eigenvalue weighted by molar-refractivity contribution is -0.145. The van der Waals surface area contributed by atoms with Crippen molar-refractivity contribution in [3.63, 3.8) is 0 Å². The molecule has 0 unspecified atom stereocenters.